The van der Waals surface area contributed by atoms with Gasteiger partial charge in [0.05, 0.1) is 11.7 Å². The zero-order valence-corrected chi connectivity index (χ0v) is 16.4. The molecule has 0 aliphatic heterocycles. The molecule has 0 saturated heterocycles. The van der Waals surface area contributed by atoms with E-state index in [9.17, 15) is 4.39 Å². The van der Waals surface area contributed by atoms with Crippen molar-refractivity contribution in [2.24, 2.45) is 7.05 Å². The highest BCUT2D eigenvalue weighted by atomic mass is 19.1. The lowest BCUT2D eigenvalue weighted by Crippen LogP contribution is -1.95. The van der Waals surface area contributed by atoms with E-state index in [-0.39, 0.29) is 5.82 Å². The molecule has 5 rings (SSSR count). The SMILES string of the molecule is Cc1ncc(-c2ccc(Nc3nccc4c3nc(-c3ccc(F)cc3)n4C)cc2)o1. The van der Waals surface area contributed by atoms with E-state index in [0.717, 1.165) is 39.4 Å². The first-order chi connectivity index (χ1) is 14.6. The first-order valence-corrected chi connectivity index (χ1v) is 9.46. The van der Waals surface area contributed by atoms with E-state index in [2.05, 4.69) is 15.3 Å². The number of nitrogens with one attached hydrogen (secondary N) is 1. The quantitative estimate of drug-likeness (QED) is 0.433. The maximum absolute atomic E-state index is 13.3. The number of fused-ring (bicyclic) bond motifs is 1. The van der Waals surface area contributed by atoms with Crippen molar-refractivity contribution >= 4 is 22.5 Å². The molecule has 3 aromatic heterocycles. The van der Waals surface area contributed by atoms with Gasteiger partial charge in [0.25, 0.3) is 0 Å². The average molecular weight is 399 g/mol. The molecule has 148 valence electrons. The van der Waals surface area contributed by atoms with Gasteiger partial charge >= 0.3 is 0 Å². The third kappa shape index (κ3) is 3.20. The van der Waals surface area contributed by atoms with Gasteiger partial charge in [-0.25, -0.2) is 19.3 Å². The average Bonchev–Trinajstić information content (AvgIpc) is 3.34. The lowest BCUT2D eigenvalue weighted by molar-refractivity contribution is 0.534. The minimum atomic E-state index is -0.273. The fourth-order valence-corrected chi connectivity index (χ4v) is 3.42. The Kier molecular flexibility index (Phi) is 4.28. The molecule has 0 spiro atoms. The smallest absolute Gasteiger partial charge is 0.191 e. The van der Waals surface area contributed by atoms with E-state index >= 15 is 0 Å². The van der Waals surface area contributed by atoms with Crippen LogP contribution < -0.4 is 5.32 Å². The molecule has 0 atom stereocenters. The van der Waals surface area contributed by atoms with Crippen molar-refractivity contribution in [1.29, 1.82) is 0 Å². The first kappa shape index (κ1) is 18.1. The van der Waals surface area contributed by atoms with Crippen LogP contribution in [0.2, 0.25) is 0 Å². The third-order valence-electron chi connectivity index (χ3n) is 4.96. The highest BCUT2D eigenvalue weighted by molar-refractivity contribution is 5.90. The van der Waals surface area contributed by atoms with Crippen molar-refractivity contribution in [2.75, 3.05) is 5.32 Å². The molecular formula is C23H18FN5O. The number of aryl methyl sites for hydroxylation is 2. The Morgan fingerprint density at radius 1 is 0.933 bits per heavy atom. The van der Waals surface area contributed by atoms with Crippen LogP contribution in [0.4, 0.5) is 15.9 Å². The second-order valence-corrected chi connectivity index (χ2v) is 6.97. The Balaban J connectivity index is 1.49. The first-order valence-electron chi connectivity index (χ1n) is 9.46. The zero-order chi connectivity index (χ0) is 20.7. The van der Waals surface area contributed by atoms with Crippen LogP contribution in [-0.4, -0.2) is 19.5 Å². The summed E-state index contributed by atoms with van der Waals surface area (Å²) >= 11 is 0. The minimum Gasteiger partial charge on any atom is -0.441 e. The van der Waals surface area contributed by atoms with Crippen LogP contribution in [0.5, 0.6) is 0 Å². The lowest BCUT2D eigenvalue weighted by atomic mass is 10.1. The summed E-state index contributed by atoms with van der Waals surface area (Å²) < 4.78 is 20.8. The Morgan fingerprint density at radius 2 is 1.67 bits per heavy atom. The second kappa shape index (κ2) is 7.11. The second-order valence-electron chi connectivity index (χ2n) is 6.97. The summed E-state index contributed by atoms with van der Waals surface area (Å²) in [6, 6.07) is 16.1. The molecule has 3 heterocycles. The van der Waals surface area contributed by atoms with Crippen LogP contribution in [-0.2, 0) is 7.05 Å². The van der Waals surface area contributed by atoms with E-state index in [4.69, 9.17) is 9.40 Å². The Morgan fingerprint density at radius 3 is 2.37 bits per heavy atom. The summed E-state index contributed by atoms with van der Waals surface area (Å²) in [6.07, 6.45) is 3.46. The van der Waals surface area contributed by atoms with Crippen LogP contribution in [0.1, 0.15) is 5.89 Å². The Hall–Kier alpha value is -4.00. The van der Waals surface area contributed by atoms with E-state index in [1.165, 1.54) is 12.1 Å². The molecule has 0 radical (unpaired) electrons. The monoisotopic (exact) mass is 399 g/mol. The minimum absolute atomic E-state index is 0.273. The van der Waals surface area contributed by atoms with Crippen molar-refractivity contribution in [1.82, 2.24) is 19.5 Å². The fourth-order valence-electron chi connectivity index (χ4n) is 3.42. The topological polar surface area (TPSA) is 68.8 Å². The number of benzene rings is 2. The lowest BCUT2D eigenvalue weighted by Gasteiger charge is -2.07. The number of hydrogen-bond acceptors (Lipinski definition) is 5. The fraction of sp³-hybridized carbons (Fsp3) is 0.0870. The van der Waals surface area contributed by atoms with Crippen molar-refractivity contribution in [3.8, 4) is 22.7 Å². The number of hydrogen-bond donors (Lipinski definition) is 1. The molecule has 0 aliphatic rings. The predicted octanol–water partition coefficient (Wildman–Crippen LogP) is 5.48. The van der Waals surface area contributed by atoms with Crippen molar-refractivity contribution in [3.05, 3.63) is 78.7 Å². The van der Waals surface area contributed by atoms with Crippen molar-refractivity contribution < 1.29 is 8.81 Å². The van der Waals surface area contributed by atoms with Gasteiger partial charge in [-0.2, -0.15) is 0 Å². The largest absolute Gasteiger partial charge is 0.441 e. The van der Waals surface area contributed by atoms with Gasteiger partial charge in [-0.15, -0.1) is 0 Å². The van der Waals surface area contributed by atoms with Crippen LogP contribution in [0.25, 0.3) is 33.7 Å². The van der Waals surface area contributed by atoms with Gasteiger partial charge < -0.3 is 14.3 Å². The molecule has 5 aromatic rings. The summed E-state index contributed by atoms with van der Waals surface area (Å²) in [6.45, 7) is 1.82. The molecular weight excluding hydrogens is 381 g/mol. The molecule has 0 aliphatic carbocycles. The van der Waals surface area contributed by atoms with Crippen LogP contribution in [0.3, 0.4) is 0 Å². The molecule has 0 unspecified atom stereocenters. The summed E-state index contributed by atoms with van der Waals surface area (Å²) in [5.41, 5.74) is 4.34. The Bertz CT molecular complexity index is 1340. The summed E-state index contributed by atoms with van der Waals surface area (Å²) in [5, 5.41) is 3.34. The van der Waals surface area contributed by atoms with Gasteiger partial charge in [-0.3, -0.25) is 0 Å². The standard InChI is InChI=1S/C23H18FN5O/c1-14-26-13-20(30-14)15-5-9-18(10-6-15)27-22-21-19(11-12-25-22)29(2)23(28-21)16-3-7-17(24)8-4-16/h3-13H,1-2H3,(H,25,27). The number of anilines is 2. The Labute approximate surface area is 172 Å². The van der Waals surface area contributed by atoms with E-state index < -0.39 is 0 Å². The number of aromatic nitrogens is 4. The molecule has 0 bridgehead atoms. The summed E-state index contributed by atoms with van der Waals surface area (Å²) in [4.78, 5) is 13.4. The number of oxazole rings is 1. The van der Waals surface area contributed by atoms with Crippen LogP contribution in [0, 0.1) is 12.7 Å². The number of nitrogens with zero attached hydrogens (tertiary/aromatic N) is 4. The van der Waals surface area contributed by atoms with Gasteiger partial charge in [0.2, 0.25) is 0 Å². The zero-order valence-electron chi connectivity index (χ0n) is 16.4. The number of halogens is 1. The molecule has 6 nitrogen and oxygen atoms in total. The molecule has 0 saturated carbocycles. The van der Waals surface area contributed by atoms with Gasteiger partial charge in [0.15, 0.2) is 17.5 Å². The van der Waals surface area contributed by atoms with Gasteiger partial charge in [0.1, 0.15) is 17.2 Å². The van der Waals surface area contributed by atoms with Crippen LogP contribution in [0.15, 0.2) is 71.4 Å². The van der Waals surface area contributed by atoms with E-state index in [1.54, 1.807) is 24.5 Å². The van der Waals surface area contributed by atoms with Gasteiger partial charge in [-0.1, -0.05) is 0 Å². The number of pyridine rings is 1. The molecule has 7 heteroatoms. The highest BCUT2D eigenvalue weighted by Gasteiger charge is 2.14. The van der Waals surface area contributed by atoms with E-state index in [1.807, 2.05) is 48.9 Å². The molecule has 0 fully saturated rings. The number of imidazole rings is 1. The van der Waals surface area contributed by atoms with Crippen molar-refractivity contribution in [2.45, 2.75) is 6.92 Å². The predicted molar refractivity (Wildman–Crippen MR) is 114 cm³/mol. The molecule has 1 N–H and O–H groups in total. The maximum Gasteiger partial charge on any atom is 0.191 e. The van der Waals surface area contributed by atoms with Gasteiger partial charge in [-0.05, 0) is 54.6 Å². The summed E-state index contributed by atoms with van der Waals surface area (Å²) in [5.74, 6) is 2.49. The van der Waals surface area contributed by atoms with Crippen LogP contribution >= 0.6 is 0 Å². The third-order valence-corrected chi connectivity index (χ3v) is 4.96. The van der Waals surface area contributed by atoms with Gasteiger partial charge in [0, 0.05) is 37.0 Å². The van der Waals surface area contributed by atoms with Crippen molar-refractivity contribution in [3.63, 3.8) is 0 Å². The highest BCUT2D eigenvalue weighted by Crippen LogP contribution is 2.29. The van der Waals surface area contributed by atoms with E-state index in [0.29, 0.717) is 11.7 Å². The normalized spacial score (nSPS) is 11.2. The molecule has 30 heavy (non-hydrogen) atoms. The molecule has 2 aromatic carbocycles. The maximum atomic E-state index is 13.3. The number of rotatable bonds is 4. The molecule has 0 amide bonds. The summed E-state index contributed by atoms with van der Waals surface area (Å²) in [7, 11) is 1.94.